The molecule has 5 aliphatic rings. The van der Waals surface area contributed by atoms with Crippen molar-refractivity contribution in [2.45, 2.75) is 70.5 Å². The Morgan fingerprint density at radius 3 is 2.32 bits per heavy atom. The number of anilines is 4. The number of aryl methyl sites for hydroxylation is 2. The van der Waals surface area contributed by atoms with E-state index in [1.54, 1.807) is 24.5 Å². The maximum atomic E-state index is 13.4. The Morgan fingerprint density at radius 2 is 1.56 bits per heavy atom. The molecule has 3 N–H and O–H groups in total. The monoisotopic (exact) mass is 850 g/mol. The summed E-state index contributed by atoms with van der Waals surface area (Å²) in [5.41, 5.74) is 7.51. The number of hydrogen-bond acceptors (Lipinski definition) is 13. The molecule has 3 aromatic heterocycles. The van der Waals surface area contributed by atoms with Gasteiger partial charge in [0, 0.05) is 87.1 Å². The van der Waals surface area contributed by atoms with E-state index in [2.05, 4.69) is 75.3 Å². The zero-order chi connectivity index (χ0) is 43.4. The Bertz CT molecular complexity index is 2640. The quantitative estimate of drug-likeness (QED) is 0.170. The van der Waals surface area contributed by atoms with Crippen molar-refractivity contribution in [1.82, 2.24) is 44.9 Å². The number of imidazole rings is 1. The first-order valence-electron chi connectivity index (χ1n) is 21.9. The number of aromatic nitrogens is 5. The van der Waals surface area contributed by atoms with Crippen molar-refractivity contribution in [2.75, 3.05) is 60.9 Å². The fraction of sp³-hybridized carbons (Fsp3) is 0.413. The van der Waals surface area contributed by atoms with Gasteiger partial charge in [0.1, 0.15) is 18.1 Å². The van der Waals surface area contributed by atoms with Crippen LogP contribution in [0.2, 0.25) is 0 Å². The van der Waals surface area contributed by atoms with Crippen LogP contribution < -0.4 is 25.8 Å². The Kier molecular flexibility index (Phi) is 10.6. The molecule has 2 aromatic carbocycles. The number of amides is 5. The lowest BCUT2D eigenvalue weighted by molar-refractivity contribution is -0.136. The number of imide groups is 2. The van der Waals surface area contributed by atoms with Gasteiger partial charge in [-0.25, -0.2) is 19.9 Å². The number of piperidine rings is 2. The molecule has 10 rings (SSSR count). The van der Waals surface area contributed by atoms with E-state index in [9.17, 15) is 24.0 Å². The number of benzene rings is 2. The van der Waals surface area contributed by atoms with Gasteiger partial charge < -0.3 is 25.0 Å². The molecule has 5 aromatic rings. The van der Waals surface area contributed by atoms with Crippen molar-refractivity contribution in [3.05, 3.63) is 95.3 Å². The van der Waals surface area contributed by atoms with Gasteiger partial charge in [0.05, 0.1) is 17.5 Å². The zero-order valence-electron chi connectivity index (χ0n) is 35.4. The van der Waals surface area contributed by atoms with Crippen LogP contribution in [-0.4, -0.2) is 122 Å². The number of pyridine rings is 1. The van der Waals surface area contributed by atoms with E-state index in [1.165, 1.54) is 5.69 Å². The van der Waals surface area contributed by atoms with Gasteiger partial charge >= 0.3 is 0 Å². The number of nitrogens with one attached hydrogen (secondary N) is 3. The fourth-order valence-electron chi connectivity index (χ4n) is 9.77. The van der Waals surface area contributed by atoms with E-state index in [1.807, 2.05) is 31.5 Å². The summed E-state index contributed by atoms with van der Waals surface area (Å²) < 4.78 is 2.08. The van der Waals surface area contributed by atoms with Crippen LogP contribution in [0.3, 0.4) is 0 Å². The molecule has 1 aliphatic carbocycles. The third kappa shape index (κ3) is 7.85. The number of fused-ring (bicyclic) bond motifs is 2. The summed E-state index contributed by atoms with van der Waals surface area (Å²) >= 11 is 0. The van der Waals surface area contributed by atoms with Gasteiger partial charge in [0.25, 0.3) is 17.7 Å². The van der Waals surface area contributed by atoms with Crippen molar-refractivity contribution >= 4 is 63.6 Å². The molecule has 17 heteroatoms. The number of hydrogen-bond donors (Lipinski definition) is 3. The van der Waals surface area contributed by atoms with Crippen LogP contribution in [0, 0.1) is 19.8 Å². The molecule has 3 saturated heterocycles. The molecule has 1 saturated carbocycles. The molecular formula is C46H50N12O5. The molecule has 0 bridgehead atoms. The second kappa shape index (κ2) is 16.5. The first-order chi connectivity index (χ1) is 30.6. The minimum Gasteiger partial charge on any atom is -0.371 e. The molecule has 1 unspecified atom stereocenters. The average molecular weight is 851 g/mol. The summed E-state index contributed by atoms with van der Waals surface area (Å²) in [6, 6.07) is 16.6. The molecule has 4 fully saturated rings. The lowest BCUT2D eigenvalue weighted by atomic mass is 9.86. The van der Waals surface area contributed by atoms with E-state index in [0.29, 0.717) is 34.1 Å². The zero-order valence-corrected chi connectivity index (χ0v) is 35.4. The predicted molar refractivity (Wildman–Crippen MR) is 235 cm³/mol. The van der Waals surface area contributed by atoms with Crippen LogP contribution in [0.25, 0.3) is 11.2 Å². The molecule has 0 radical (unpaired) electrons. The Morgan fingerprint density at radius 1 is 0.810 bits per heavy atom. The van der Waals surface area contributed by atoms with Gasteiger partial charge in [-0.15, -0.1) is 0 Å². The van der Waals surface area contributed by atoms with Crippen molar-refractivity contribution in [3.63, 3.8) is 0 Å². The third-order valence-corrected chi connectivity index (χ3v) is 13.4. The second-order valence-corrected chi connectivity index (χ2v) is 17.5. The van der Waals surface area contributed by atoms with E-state index >= 15 is 0 Å². The van der Waals surface area contributed by atoms with Crippen molar-refractivity contribution in [2.24, 2.45) is 5.92 Å². The molecule has 7 heterocycles. The van der Waals surface area contributed by atoms with Gasteiger partial charge in [0.2, 0.25) is 11.8 Å². The van der Waals surface area contributed by atoms with Crippen molar-refractivity contribution in [3.8, 4) is 0 Å². The Hall–Kier alpha value is -6.75. The van der Waals surface area contributed by atoms with E-state index in [4.69, 9.17) is 4.98 Å². The van der Waals surface area contributed by atoms with Crippen LogP contribution in [0.4, 0.5) is 22.9 Å². The lowest BCUT2D eigenvalue weighted by Gasteiger charge is -2.40. The molecule has 0 spiro atoms. The largest absolute Gasteiger partial charge is 0.371 e. The molecular weight excluding hydrogens is 801 g/mol. The number of carbonyl (C=O) groups excluding carboxylic acids is 5. The summed E-state index contributed by atoms with van der Waals surface area (Å²) in [6.45, 7) is 10.6. The standard InChI is InChI=1S/C46H50N12O5/c1-27-20-31(7-9-36(27)52-41-40-42(48-25-47-41)57(26-49-40)33-21-30(22-33)51-43(60)37-5-3-4-28(2)50-37)56-18-16-54(17-19-56)24-29-12-14-55(15-13-29)32-6-8-34-35(23-32)46(63)58(45(34)62)38-10-11-39(59)53-44(38)61/h3-9,20,23,25-26,29-30,33,38H,10-19,21-22,24H2,1-2H3,(H,51,60)(H,47,48,52)(H,53,59,61). The molecule has 17 nitrogen and oxygen atoms in total. The van der Waals surface area contributed by atoms with E-state index in [0.717, 1.165) is 105 Å². The van der Waals surface area contributed by atoms with E-state index < -0.39 is 23.8 Å². The van der Waals surface area contributed by atoms with Gasteiger partial charge in [-0.2, -0.15) is 0 Å². The minimum atomic E-state index is -0.968. The maximum Gasteiger partial charge on any atom is 0.270 e. The molecule has 5 amide bonds. The summed E-state index contributed by atoms with van der Waals surface area (Å²) in [6.07, 6.45) is 7.27. The van der Waals surface area contributed by atoms with Crippen LogP contribution in [-0.2, 0) is 9.59 Å². The molecule has 1 atom stereocenters. The van der Waals surface area contributed by atoms with Crippen LogP contribution in [0.15, 0.2) is 67.3 Å². The highest BCUT2D eigenvalue weighted by molar-refractivity contribution is 6.23. The first kappa shape index (κ1) is 40.3. The van der Waals surface area contributed by atoms with E-state index in [-0.39, 0.29) is 36.7 Å². The summed E-state index contributed by atoms with van der Waals surface area (Å²) in [7, 11) is 0. The molecule has 4 aliphatic heterocycles. The Balaban J connectivity index is 0.693. The van der Waals surface area contributed by atoms with Crippen LogP contribution >= 0.6 is 0 Å². The van der Waals surface area contributed by atoms with Crippen LogP contribution in [0.5, 0.6) is 0 Å². The van der Waals surface area contributed by atoms with Gasteiger partial charge in [0.15, 0.2) is 17.0 Å². The van der Waals surface area contributed by atoms with Crippen LogP contribution in [0.1, 0.15) is 87.0 Å². The molecule has 324 valence electrons. The maximum absolute atomic E-state index is 13.4. The smallest absolute Gasteiger partial charge is 0.270 e. The first-order valence-corrected chi connectivity index (χ1v) is 21.9. The van der Waals surface area contributed by atoms with Gasteiger partial charge in [-0.05, 0) is 106 Å². The predicted octanol–water partition coefficient (Wildman–Crippen LogP) is 4.16. The number of nitrogens with zero attached hydrogens (tertiary/aromatic N) is 9. The topological polar surface area (TPSA) is 191 Å². The summed E-state index contributed by atoms with van der Waals surface area (Å²) in [5, 5.41) is 8.87. The lowest BCUT2D eigenvalue weighted by Crippen LogP contribution is -2.54. The number of carbonyl (C=O) groups is 5. The Labute approximate surface area is 364 Å². The number of rotatable bonds is 10. The summed E-state index contributed by atoms with van der Waals surface area (Å²) in [5.74, 6) is -0.872. The van der Waals surface area contributed by atoms with Gasteiger partial charge in [-0.3, -0.25) is 39.1 Å². The highest BCUT2D eigenvalue weighted by Gasteiger charge is 2.45. The normalized spacial score (nSPS) is 22.0. The highest BCUT2D eigenvalue weighted by atomic mass is 16.2. The summed E-state index contributed by atoms with van der Waals surface area (Å²) in [4.78, 5) is 89.9. The minimum absolute atomic E-state index is 0.0644. The second-order valence-electron chi connectivity index (χ2n) is 17.5. The highest BCUT2D eigenvalue weighted by Crippen LogP contribution is 2.37. The average Bonchev–Trinajstić information content (AvgIpc) is 3.81. The van der Waals surface area contributed by atoms with Crippen molar-refractivity contribution < 1.29 is 24.0 Å². The third-order valence-electron chi connectivity index (χ3n) is 13.4. The SMILES string of the molecule is Cc1cccc(C(=O)NC2CC(n3cnc4c(Nc5ccc(N6CCN(CC7CCN(c8ccc9c(c8)C(=O)N(C8CCC(=O)NC8=O)C9=O)CC7)CC6)cc5C)ncnc43)C2)n1. The number of piperazine rings is 1. The molecule has 63 heavy (non-hydrogen) atoms. The fourth-order valence-corrected chi connectivity index (χ4v) is 9.77. The van der Waals surface area contributed by atoms with Crippen molar-refractivity contribution in [1.29, 1.82) is 0 Å². The van der Waals surface area contributed by atoms with Gasteiger partial charge in [-0.1, -0.05) is 6.07 Å².